The standard InChI is InChI=1S/C24H30ClN3O4S/c1-3-12-28(33(2,30)31)19-5-7-20(8-6-19)32-16-15-27-13-10-24(11-14-27)21-17-18(25)4-9-22(21)26-23(24)29/h4-9,17H,3,10-16H2,1-2H3,(H,26,29). The molecule has 1 amide bonds. The molecule has 2 aliphatic heterocycles. The molecule has 0 bridgehead atoms. The van der Waals surface area contributed by atoms with Gasteiger partial charge in [-0.3, -0.25) is 14.0 Å². The molecule has 1 spiro atoms. The summed E-state index contributed by atoms with van der Waals surface area (Å²) in [6, 6.07) is 12.8. The lowest BCUT2D eigenvalue weighted by molar-refractivity contribution is -0.122. The van der Waals surface area contributed by atoms with Crippen molar-refractivity contribution in [1.29, 1.82) is 0 Å². The molecule has 0 saturated carbocycles. The Kier molecular flexibility index (Phi) is 6.88. The van der Waals surface area contributed by atoms with Crippen LogP contribution in [-0.2, 0) is 20.2 Å². The number of sulfonamides is 1. The second-order valence-corrected chi connectivity index (χ2v) is 11.1. The molecular formula is C24H30ClN3O4S. The Balaban J connectivity index is 1.30. The van der Waals surface area contributed by atoms with Gasteiger partial charge in [-0.2, -0.15) is 0 Å². The summed E-state index contributed by atoms with van der Waals surface area (Å²) in [5.74, 6) is 0.776. The molecule has 178 valence electrons. The van der Waals surface area contributed by atoms with Crippen LogP contribution in [-0.4, -0.2) is 58.3 Å². The van der Waals surface area contributed by atoms with Crippen LogP contribution in [0.1, 0.15) is 31.7 Å². The predicted molar refractivity (Wildman–Crippen MR) is 132 cm³/mol. The van der Waals surface area contributed by atoms with Crippen LogP contribution in [0.3, 0.4) is 0 Å². The number of carbonyl (C=O) groups is 1. The molecule has 0 unspecified atom stereocenters. The zero-order chi connectivity index (χ0) is 23.6. The lowest BCUT2D eigenvalue weighted by atomic mass is 9.73. The molecule has 2 aliphatic rings. The summed E-state index contributed by atoms with van der Waals surface area (Å²) >= 11 is 6.20. The van der Waals surface area contributed by atoms with Crippen molar-refractivity contribution in [2.45, 2.75) is 31.6 Å². The summed E-state index contributed by atoms with van der Waals surface area (Å²) < 4.78 is 31.3. The van der Waals surface area contributed by atoms with Crippen molar-refractivity contribution in [3.63, 3.8) is 0 Å². The highest BCUT2D eigenvalue weighted by atomic mass is 35.5. The molecule has 1 fully saturated rings. The van der Waals surface area contributed by atoms with Crippen molar-refractivity contribution in [3.8, 4) is 5.75 Å². The summed E-state index contributed by atoms with van der Waals surface area (Å²) in [7, 11) is -3.31. The summed E-state index contributed by atoms with van der Waals surface area (Å²) in [6.07, 6.45) is 3.46. The van der Waals surface area contributed by atoms with Crippen molar-refractivity contribution in [3.05, 3.63) is 53.1 Å². The van der Waals surface area contributed by atoms with E-state index in [1.54, 1.807) is 30.3 Å². The molecule has 2 heterocycles. The summed E-state index contributed by atoms with van der Waals surface area (Å²) in [5, 5.41) is 3.67. The lowest BCUT2D eigenvalue weighted by Gasteiger charge is -2.38. The number of anilines is 2. The van der Waals surface area contributed by atoms with Gasteiger partial charge in [-0.05, 0) is 80.4 Å². The summed E-state index contributed by atoms with van der Waals surface area (Å²) in [4.78, 5) is 15.1. The van der Waals surface area contributed by atoms with Crippen LogP contribution in [0, 0.1) is 0 Å². The normalized spacial score (nSPS) is 17.6. The second-order valence-electron chi connectivity index (χ2n) is 8.75. The van der Waals surface area contributed by atoms with Gasteiger partial charge in [0.1, 0.15) is 12.4 Å². The molecule has 0 atom stereocenters. The quantitative estimate of drug-likeness (QED) is 0.606. The Bertz CT molecular complexity index is 1110. The molecule has 2 aromatic carbocycles. The molecule has 0 aliphatic carbocycles. The van der Waals surface area contributed by atoms with E-state index < -0.39 is 15.4 Å². The van der Waals surface area contributed by atoms with E-state index in [9.17, 15) is 13.2 Å². The van der Waals surface area contributed by atoms with Gasteiger partial charge in [0.25, 0.3) is 0 Å². The Morgan fingerprint density at radius 2 is 1.85 bits per heavy atom. The number of fused-ring (bicyclic) bond motifs is 2. The van der Waals surface area contributed by atoms with Gasteiger partial charge in [0, 0.05) is 23.8 Å². The zero-order valence-electron chi connectivity index (χ0n) is 19.0. The highest BCUT2D eigenvalue weighted by Gasteiger charge is 2.48. The average Bonchev–Trinajstić information content (AvgIpc) is 3.04. The van der Waals surface area contributed by atoms with Gasteiger partial charge in [0.15, 0.2) is 0 Å². The number of benzene rings is 2. The number of nitrogens with zero attached hydrogens (tertiary/aromatic N) is 2. The molecule has 9 heteroatoms. The number of rotatable bonds is 8. The third-order valence-corrected chi connectivity index (χ3v) is 7.95. The first kappa shape index (κ1) is 23.9. The minimum atomic E-state index is -3.31. The van der Waals surface area contributed by atoms with Crippen molar-refractivity contribution < 1.29 is 17.9 Å². The monoisotopic (exact) mass is 491 g/mol. The highest BCUT2D eigenvalue weighted by Crippen LogP contribution is 2.45. The van der Waals surface area contributed by atoms with Gasteiger partial charge < -0.3 is 10.1 Å². The molecule has 1 saturated heterocycles. The molecular weight excluding hydrogens is 462 g/mol. The fourth-order valence-corrected chi connectivity index (χ4v) is 5.92. The highest BCUT2D eigenvalue weighted by molar-refractivity contribution is 7.92. The van der Waals surface area contributed by atoms with Crippen LogP contribution in [0.4, 0.5) is 11.4 Å². The maximum atomic E-state index is 12.8. The molecule has 7 nitrogen and oxygen atoms in total. The van der Waals surface area contributed by atoms with Crippen molar-refractivity contribution in [1.82, 2.24) is 4.90 Å². The number of carbonyl (C=O) groups excluding carboxylic acids is 1. The number of amides is 1. The van der Waals surface area contributed by atoms with E-state index in [1.807, 2.05) is 19.1 Å². The van der Waals surface area contributed by atoms with Crippen LogP contribution in [0.2, 0.25) is 5.02 Å². The first-order valence-corrected chi connectivity index (χ1v) is 13.5. The number of likely N-dealkylation sites (tertiary alicyclic amines) is 1. The number of ether oxygens (including phenoxy) is 1. The number of halogens is 1. The van der Waals surface area contributed by atoms with Crippen LogP contribution in [0.5, 0.6) is 5.75 Å². The van der Waals surface area contributed by atoms with Crippen molar-refractivity contribution in [2.75, 3.05) is 48.7 Å². The van der Waals surface area contributed by atoms with E-state index >= 15 is 0 Å². The summed E-state index contributed by atoms with van der Waals surface area (Å²) in [5.41, 5.74) is 2.04. The summed E-state index contributed by atoms with van der Waals surface area (Å²) in [6.45, 7) is 5.29. The number of piperidine rings is 1. The van der Waals surface area contributed by atoms with Gasteiger partial charge in [-0.1, -0.05) is 18.5 Å². The SMILES string of the molecule is CCCN(c1ccc(OCCN2CCC3(CC2)C(=O)Nc2ccc(Cl)cc23)cc1)S(C)(=O)=O. The molecule has 2 aromatic rings. The fraction of sp³-hybridized carbons (Fsp3) is 0.458. The number of hydrogen-bond donors (Lipinski definition) is 1. The van der Waals surface area contributed by atoms with E-state index in [1.165, 1.54) is 10.6 Å². The average molecular weight is 492 g/mol. The predicted octanol–water partition coefficient (Wildman–Crippen LogP) is 3.88. The topological polar surface area (TPSA) is 79.0 Å². The van der Waals surface area contributed by atoms with Gasteiger partial charge in [0.2, 0.25) is 15.9 Å². The van der Waals surface area contributed by atoms with E-state index in [-0.39, 0.29) is 5.91 Å². The second kappa shape index (κ2) is 9.52. The van der Waals surface area contributed by atoms with E-state index in [2.05, 4.69) is 10.2 Å². The largest absolute Gasteiger partial charge is 0.492 e. The molecule has 0 aromatic heterocycles. The molecule has 1 N–H and O–H groups in total. The fourth-order valence-electron chi connectivity index (χ4n) is 4.73. The first-order chi connectivity index (χ1) is 15.7. The Hall–Kier alpha value is -2.29. The Morgan fingerprint density at radius 3 is 2.48 bits per heavy atom. The third-order valence-electron chi connectivity index (χ3n) is 6.52. The van der Waals surface area contributed by atoms with Gasteiger partial charge >= 0.3 is 0 Å². The minimum Gasteiger partial charge on any atom is -0.492 e. The number of hydrogen-bond acceptors (Lipinski definition) is 5. The van der Waals surface area contributed by atoms with Gasteiger partial charge in [-0.15, -0.1) is 0 Å². The van der Waals surface area contributed by atoms with E-state index in [4.69, 9.17) is 16.3 Å². The Morgan fingerprint density at radius 1 is 1.15 bits per heavy atom. The van der Waals surface area contributed by atoms with Crippen molar-refractivity contribution >= 4 is 38.9 Å². The smallest absolute Gasteiger partial charge is 0.235 e. The van der Waals surface area contributed by atoms with Crippen LogP contribution >= 0.6 is 11.6 Å². The molecule has 0 radical (unpaired) electrons. The first-order valence-electron chi connectivity index (χ1n) is 11.3. The Labute approximate surface area is 200 Å². The zero-order valence-corrected chi connectivity index (χ0v) is 20.6. The number of nitrogens with one attached hydrogen (secondary N) is 1. The van der Waals surface area contributed by atoms with Crippen LogP contribution in [0.25, 0.3) is 0 Å². The van der Waals surface area contributed by atoms with Crippen LogP contribution in [0.15, 0.2) is 42.5 Å². The minimum absolute atomic E-state index is 0.0713. The van der Waals surface area contributed by atoms with Gasteiger partial charge in [0.05, 0.1) is 17.4 Å². The lowest BCUT2D eigenvalue weighted by Crippen LogP contribution is -2.47. The van der Waals surface area contributed by atoms with Crippen LogP contribution < -0.4 is 14.4 Å². The van der Waals surface area contributed by atoms with Crippen molar-refractivity contribution in [2.24, 2.45) is 0 Å². The van der Waals surface area contributed by atoms with E-state index in [0.29, 0.717) is 29.6 Å². The maximum Gasteiger partial charge on any atom is 0.235 e. The maximum absolute atomic E-state index is 12.8. The van der Waals surface area contributed by atoms with Gasteiger partial charge in [-0.25, -0.2) is 8.42 Å². The third kappa shape index (κ3) is 4.98. The molecule has 4 rings (SSSR count). The molecule has 33 heavy (non-hydrogen) atoms. The van der Waals surface area contributed by atoms with E-state index in [0.717, 1.165) is 50.1 Å².